The molecule has 0 radical (unpaired) electrons. The quantitative estimate of drug-likeness (QED) is 0.144. The van der Waals surface area contributed by atoms with E-state index < -0.39 is 0 Å². The van der Waals surface area contributed by atoms with E-state index in [1.165, 1.54) is 132 Å². The van der Waals surface area contributed by atoms with Gasteiger partial charge in [-0.3, -0.25) is 0 Å². The number of benzene rings is 15. The van der Waals surface area contributed by atoms with Crippen molar-refractivity contribution in [3.8, 4) is 118 Å². The maximum absolute atomic E-state index is 5.61. The van der Waals surface area contributed by atoms with Gasteiger partial charge in [0.25, 0.3) is 0 Å². The molecule has 19 aromatic rings. The summed E-state index contributed by atoms with van der Waals surface area (Å²) in [7, 11) is 0. The third kappa shape index (κ3) is 9.12. The lowest BCUT2D eigenvalue weighted by Crippen LogP contribution is -2.14. The van der Waals surface area contributed by atoms with Crippen molar-refractivity contribution in [1.29, 1.82) is 0 Å². The van der Waals surface area contributed by atoms with Crippen LogP contribution in [0.25, 0.3) is 183 Å². The van der Waals surface area contributed by atoms with Gasteiger partial charge in [0.1, 0.15) is 0 Å². The zero-order valence-electron chi connectivity index (χ0n) is 61.0. The lowest BCUT2D eigenvalue weighted by atomic mass is 9.82. The Kier molecular flexibility index (Phi) is 13.2. The van der Waals surface area contributed by atoms with Crippen LogP contribution in [0, 0.1) is 0 Å². The van der Waals surface area contributed by atoms with Gasteiger partial charge in [-0.2, -0.15) is 0 Å². The molecule has 4 aromatic heterocycles. The van der Waals surface area contributed by atoms with E-state index in [4.69, 9.17) is 9.97 Å². The van der Waals surface area contributed by atoms with Gasteiger partial charge < -0.3 is 13.7 Å². The van der Waals surface area contributed by atoms with Crippen LogP contribution in [0.2, 0.25) is 0 Å². The average Bonchev–Trinajstić information content (AvgIpc) is 1.59. The maximum atomic E-state index is 5.61. The molecule has 0 atom stereocenters. The number of fused-ring (bicyclic) bond motifs is 18. The van der Waals surface area contributed by atoms with E-state index in [0.717, 1.165) is 78.2 Å². The number of hydrogen-bond acceptors (Lipinski definition) is 2. The van der Waals surface area contributed by atoms with Gasteiger partial charge >= 0.3 is 0 Å². The van der Waals surface area contributed by atoms with Crippen molar-refractivity contribution in [2.45, 2.75) is 57.8 Å². The molecule has 15 aromatic carbocycles. The molecule has 0 saturated carbocycles. The minimum absolute atomic E-state index is 0.0612. The van der Waals surface area contributed by atoms with Gasteiger partial charge in [-0.15, -0.1) is 0 Å². The number of hydrogen-bond donors (Lipinski definition) is 0. The Labute approximate surface area is 627 Å². The number of nitrogens with zero attached hydrogens (tertiary/aromatic N) is 5. The van der Waals surface area contributed by atoms with Crippen molar-refractivity contribution in [3.05, 3.63) is 367 Å². The molecule has 3 aliphatic carbocycles. The Morgan fingerprint density at radius 1 is 0.194 bits per heavy atom. The van der Waals surface area contributed by atoms with Crippen LogP contribution < -0.4 is 0 Å². The van der Waals surface area contributed by atoms with E-state index in [9.17, 15) is 0 Å². The SMILES string of the molecule is CC1(C)c2ccccc2-c2cc(-c3ccc4c5ccccc5n(-c5ccc(-c6cc(-c7cccc(-n8c9ccccc9c9ccc(-c%10ccc%11c(c%10)-c%10ccccc%10C%11(C)C)cc98)c7)nc(-c7ccc(-n8c9ccccc9c9ccc(-c%10ccc%11c(c%10)-c%10ccccc%10C%11(C)C)cc98)cc7)n6)cc5)c4c3)ccc21. The molecule has 108 heavy (non-hydrogen) atoms. The first kappa shape index (κ1) is 62.2. The predicted molar refractivity (Wildman–Crippen MR) is 450 cm³/mol. The molecule has 0 bridgehead atoms. The minimum atomic E-state index is -0.0690. The van der Waals surface area contributed by atoms with Crippen LogP contribution in [-0.2, 0) is 16.2 Å². The fourth-order valence-electron chi connectivity index (χ4n) is 19.2. The van der Waals surface area contributed by atoms with Gasteiger partial charge in [-0.25, -0.2) is 9.97 Å². The monoisotopic (exact) mass is 1380 g/mol. The van der Waals surface area contributed by atoms with E-state index in [0.29, 0.717) is 5.82 Å². The van der Waals surface area contributed by atoms with Gasteiger partial charge in [0, 0.05) is 82.3 Å². The van der Waals surface area contributed by atoms with Crippen molar-refractivity contribution < 1.29 is 0 Å². The summed E-state index contributed by atoms with van der Waals surface area (Å²) in [6.45, 7) is 14.1. The molecule has 0 aliphatic heterocycles. The summed E-state index contributed by atoms with van der Waals surface area (Å²) in [6, 6.07) is 124. The molecule has 0 fully saturated rings. The second-order valence-electron chi connectivity index (χ2n) is 31.7. The summed E-state index contributed by atoms with van der Waals surface area (Å²) >= 11 is 0. The third-order valence-corrected chi connectivity index (χ3v) is 24.7. The summed E-state index contributed by atoms with van der Waals surface area (Å²) in [5, 5.41) is 7.28. The van der Waals surface area contributed by atoms with Crippen LogP contribution in [0.1, 0.15) is 74.9 Å². The molecular weight excluding hydrogens is 1310 g/mol. The van der Waals surface area contributed by atoms with Crippen molar-refractivity contribution in [1.82, 2.24) is 23.7 Å². The first-order chi connectivity index (χ1) is 52.8. The highest BCUT2D eigenvalue weighted by Gasteiger charge is 2.38. The van der Waals surface area contributed by atoms with E-state index in [-0.39, 0.29) is 16.2 Å². The second-order valence-corrected chi connectivity index (χ2v) is 31.7. The Morgan fingerprint density at radius 3 is 0.907 bits per heavy atom. The lowest BCUT2D eigenvalue weighted by molar-refractivity contribution is 0.660. The van der Waals surface area contributed by atoms with Crippen molar-refractivity contribution >= 4 is 65.4 Å². The van der Waals surface area contributed by atoms with E-state index in [2.05, 4.69) is 389 Å². The zero-order chi connectivity index (χ0) is 72.1. The first-order valence-corrected chi connectivity index (χ1v) is 37.8. The molecule has 0 spiro atoms. The molecule has 22 rings (SSSR count). The van der Waals surface area contributed by atoms with E-state index >= 15 is 0 Å². The lowest BCUT2D eigenvalue weighted by Gasteiger charge is -2.21. The van der Waals surface area contributed by atoms with E-state index in [1.807, 2.05) is 0 Å². The highest BCUT2D eigenvalue weighted by atomic mass is 15.0. The number of para-hydroxylation sites is 3. The number of aromatic nitrogens is 5. The summed E-state index contributed by atoms with van der Waals surface area (Å²) in [4.78, 5) is 11.2. The van der Waals surface area contributed by atoms with Crippen LogP contribution >= 0.6 is 0 Å². The molecule has 5 nitrogen and oxygen atoms in total. The molecule has 0 unspecified atom stereocenters. The van der Waals surface area contributed by atoms with Gasteiger partial charge in [0.15, 0.2) is 5.82 Å². The largest absolute Gasteiger partial charge is 0.309 e. The standard InChI is InChI=1S/C103H73N5/c1-101(2)86-28-13-7-22-74(86)83-55-64(41-51-89(83)101)67-38-48-80-77-25-10-16-31-94(77)106(97(80)58-67)71-44-34-62(35-45-71)92-61-93(70-20-19-21-73(54-70)108-96-33-18-12-27-79(96)82-50-40-69(60-99(82)108)66-43-53-91-85(57-66)76-24-9-15-30-88(76)103(91,5)6)105-100(104-92)63-36-46-72(47-37-63)107-95-32-17-11-26-78(95)81-49-39-68(59-98(81)107)65-42-52-90-84(56-65)75-23-8-14-29-87(75)102(90,3)4/h7-61H,1-6H3. The normalized spacial score (nSPS) is 14.1. The Balaban J connectivity index is 0.671. The van der Waals surface area contributed by atoms with Gasteiger partial charge in [-0.1, -0.05) is 266 Å². The molecule has 510 valence electrons. The fraction of sp³-hybridized carbons (Fsp3) is 0.0874. The summed E-state index contributed by atoms with van der Waals surface area (Å²) in [5.41, 5.74) is 37.8. The van der Waals surface area contributed by atoms with Gasteiger partial charge in [-0.05, 0) is 209 Å². The molecular formula is C103H73N5. The summed E-state index contributed by atoms with van der Waals surface area (Å²) in [6.07, 6.45) is 0. The molecule has 0 N–H and O–H groups in total. The van der Waals surface area contributed by atoms with Crippen LogP contribution in [0.15, 0.2) is 334 Å². The topological polar surface area (TPSA) is 40.6 Å². The Hall–Kier alpha value is -13.2. The summed E-state index contributed by atoms with van der Waals surface area (Å²) in [5.74, 6) is 0.643. The van der Waals surface area contributed by atoms with Crippen molar-refractivity contribution in [3.63, 3.8) is 0 Å². The maximum Gasteiger partial charge on any atom is 0.160 e. The second kappa shape index (κ2) is 22.9. The fourth-order valence-corrected chi connectivity index (χ4v) is 19.2. The third-order valence-electron chi connectivity index (χ3n) is 24.7. The average molecular weight is 1380 g/mol. The highest BCUT2D eigenvalue weighted by molar-refractivity contribution is 6.13. The minimum Gasteiger partial charge on any atom is -0.309 e. The molecule has 0 amide bonds. The molecule has 4 heterocycles. The first-order valence-electron chi connectivity index (χ1n) is 37.8. The Morgan fingerprint density at radius 2 is 0.500 bits per heavy atom. The highest BCUT2D eigenvalue weighted by Crippen LogP contribution is 2.54. The van der Waals surface area contributed by atoms with Gasteiger partial charge in [0.2, 0.25) is 0 Å². The van der Waals surface area contributed by atoms with Gasteiger partial charge in [0.05, 0.1) is 44.5 Å². The number of rotatable bonds is 9. The molecule has 5 heteroatoms. The smallest absolute Gasteiger partial charge is 0.160 e. The van der Waals surface area contributed by atoms with Crippen molar-refractivity contribution in [2.75, 3.05) is 0 Å². The van der Waals surface area contributed by atoms with Crippen LogP contribution in [0.5, 0.6) is 0 Å². The summed E-state index contributed by atoms with van der Waals surface area (Å²) < 4.78 is 7.30. The molecule has 0 saturated heterocycles. The Bertz CT molecular complexity index is 6780. The molecule has 3 aliphatic rings. The van der Waals surface area contributed by atoms with Crippen LogP contribution in [0.4, 0.5) is 0 Å². The zero-order valence-corrected chi connectivity index (χ0v) is 61.0. The van der Waals surface area contributed by atoms with Crippen LogP contribution in [-0.4, -0.2) is 23.7 Å². The van der Waals surface area contributed by atoms with E-state index in [1.54, 1.807) is 0 Å². The predicted octanol–water partition coefficient (Wildman–Crippen LogP) is 26.7. The van der Waals surface area contributed by atoms with Crippen LogP contribution in [0.3, 0.4) is 0 Å². The van der Waals surface area contributed by atoms with Crippen molar-refractivity contribution in [2.24, 2.45) is 0 Å².